The van der Waals surface area contributed by atoms with Crippen LogP contribution in [0.25, 0.3) is 0 Å². The van der Waals surface area contributed by atoms with Crippen LogP contribution < -0.4 is 5.43 Å². The number of aromatic nitrogens is 1. The van der Waals surface area contributed by atoms with Crippen LogP contribution in [0.15, 0.2) is 51.1 Å². The average Bonchev–Trinajstić information content (AvgIpc) is 3.15. The lowest BCUT2D eigenvalue weighted by Crippen LogP contribution is -2.35. The molecule has 7 nitrogen and oxygen atoms in total. The molecule has 2 aromatic heterocycles. The molecule has 0 amide bonds. The summed E-state index contributed by atoms with van der Waals surface area (Å²) in [5.41, 5.74) is 3.47. The van der Waals surface area contributed by atoms with Gasteiger partial charge < -0.3 is 4.42 Å². The van der Waals surface area contributed by atoms with Gasteiger partial charge in [0.15, 0.2) is 0 Å². The van der Waals surface area contributed by atoms with Crippen molar-refractivity contribution in [2.45, 2.75) is 31.1 Å². The molecule has 0 unspecified atom stereocenters. The highest BCUT2D eigenvalue weighted by molar-refractivity contribution is 7.89. The van der Waals surface area contributed by atoms with E-state index in [1.807, 2.05) is 6.07 Å². The van der Waals surface area contributed by atoms with Gasteiger partial charge in [-0.2, -0.15) is 9.41 Å². The van der Waals surface area contributed by atoms with Crippen molar-refractivity contribution in [3.8, 4) is 0 Å². The van der Waals surface area contributed by atoms with Crippen molar-refractivity contribution >= 4 is 21.6 Å². The Labute approximate surface area is 141 Å². The van der Waals surface area contributed by atoms with E-state index in [1.54, 1.807) is 31.4 Å². The van der Waals surface area contributed by atoms with Crippen molar-refractivity contribution in [3.05, 3.63) is 42.5 Å². The standard InChI is InChI=1S/C16H20N4O3S/c1-13(15-6-5-11-23-15)18-19-16-8-7-14(12-17-16)24(21,22)20-9-3-2-4-10-20/h5-8,11-12H,2-4,9-10H2,1H3,(H,17,19)/b18-13+. The number of nitrogens with zero attached hydrogens (tertiary/aromatic N) is 3. The second-order valence-electron chi connectivity index (χ2n) is 5.63. The van der Waals surface area contributed by atoms with Crippen LogP contribution in [0.5, 0.6) is 0 Å². The van der Waals surface area contributed by atoms with Gasteiger partial charge in [0.1, 0.15) is 22.2 Å². The molecule has 0 bridgehead atoms. The van der Waals surface area contributed by atoms with Crippen molar-refractivity contribution < 1.29 is 12.8 Å². The van der Waals surface area contributed by atoms with E-state index in [4.69, 9.17) is 4.42 Å². The molecule has 1 saturated heterocycles. The Bertz CT molecular complexity index is 792. The Hall–Kier alpha value is -2.19. The molecule has 3 rings (SSSR count). The highest BCUT2D eigenvalue weighted by Gasteiger charge is 2.26. The van der Waals surface area contributed by atoms with Crippen molar-refractivity contribution in [1.29, 1.82) is 0 Å². The van der Waals surface area contributed by atoms with E-state index in [0.29, 0.717) is 30.4 Å². The molecule has 0 radical (unpaired) electrons. The molecule has 0 aliphatic carbocycles. The van der Waals surface area contributed by atoms with E-state index in [1.165, 1.54) is 10.5 Å². The first-order valence-corrected chi connectivity index (χ1v) is 9.32. The first-order chi connectivity index (χ1) is 11.6. The quantitative estimate of drug-likeness (QED) is 0.663. The fourth-order valence-electron chi connectivity index (χ4n) is 2.53. The molecule has 128 valence electrons. The summed E-state index contributed by atoms with van der Waals surface area (Å²) in [6.45, 7) is 2.96. The van der Waals surface area contributed by atoms with E-state index < -0.39 is 10.0 Å². The van der Waals surface area contributed by atoms with E-state index >= 15 is 0 Å². The molecule has 0 aromatic carbocycles. The molecule has 1 aliphatic heterocycles. The Balaban J connectivity index is 1.70. The summed E-state index contributed by atoms with van der Waals surface area (Å²) in [5, 5.41) is 4.17. The predicted octanol–water partition coefficient (Wildman–Crippen LogP) is 2.69. The molecule has 3 heterocycles. The Morgan fingerprint density at radius 3 is 2.67 bits per heavy atom. The molecule has 8 heteroatoms. The number of hydrazone groups is 1. The van der Waals surface area contributed by atoms with Gasteiger partial charge in [0, 0.05) is 19.3 Å². The van der Waals surface area contributed by atoms with Gasteiger partial charge in [-0.25, -0.2) is 13.4 Å². The van der Waals surface area contributed by atoms with Gasteiger partial charge in [0.05, 0.1) is 6.26 Å². The first-order valence-electron chi connectivity index (χ1n) is 7.88. The normalized spacial score (nSPS) is 17.0. The summed E-state index contributed by atoms with van der Waals surface area (Å²) < 4.78 is 31.9. The van der Waals surface area contributed by atoms with Gasteiger partial charge >= 0.3 is 0 Å². The average molecular weight is 348 g/mol. The van der Waals surface area contributed by atoms with Gasteiger partial charge in [-0.15, -0.1) is 0 Å². The zero-order valence-corrected chi connectivity index (χ0v) is 14.3. The number of sulfonamides is 1. The van der Waals surface area contributed by atoms with E-state index in [2.05, 4.69) is 15.5 Å². The third-order valence-electron chi connectivity index (χ3n) is 3.91. The van der Waals surface area contributed by atoms with Gasteiger partial charge in [-0.1, -0.05) is 6.42 Å². The van der Waals surface area contributed by atoms with Crippen LogP contribution in [-0.2, 0) is 10.0 Å². The third kappa shape index (κ3) is 3.65. The van der Waals surface area contributed by atoms with E-state index in [9.17, 15) is 8.42 Å². The number of pyridine rings is 1. The lowest BCUT2D eigenvalue weighted by molar-refractivity contribution is 0.346. The summed E-state index contributed by atoms with van der Waals surface area (Å²) in [6.07, 6.45) is 5.84. The van der Waals surface area contributed by atoms with Gasteiger partial charge in [-0.05, 0) is 44.0 Å². The molecular weight excluding hydrogens is 328 g/mol. The second kappa shape index (κ2) is 7.14. The number of nitrogens with one attached hydrogen (secondary N) is 1. The number of hydrogen-bond donors (Lipinski definition) is 1. The summed E-state index contributed by atoms with van der Waals surface area (Å²) >= 11 is 0. The smallest absolute Gasteiger partial charge is 0.244 e. The zero-order chi connectivity index (χ0) is 17.0. The molecule has 1 fully saturated rings. The first kappa shape index (κ1) is 16.7. The van der Waals surface area contributed by atoms with E-state index in [-0.39, 0.29) is 4.90 Å². The van der Waals surface area contributed by atoms with Crippen LogP contribution >= 0.6 is 0 Å². The minimum absolute atomic E-state index is 0.210. The maximum absolute atomic E-state index is 12.5. The van der Waals surface area contributed by atoms with Crippen LogP contribution in [0.4, 0.5) is 5.82 Å². The summed E-state index contributed by atoms with van der Waals surface area (Å²) in [7, 11) is -3.45. The Morgan fingerprint density at radius 1 is 1.25 bits per heavy atom. The highest BCUT2D eigenvalue weighted by atomic mass is 32.2. The summed E-state index contributed by atoms with van der Waals surface area (Å²) in [5.74, 6) is 1.13. The lowest BCUT2D eigenvalue weighted by atomic mass is 10.2. The van der Waals surface area contributed by atoms with Gasteiger partial charge in [0.25, 0.3) is 0 Å². The molecule has 1 N–H and O–H groups in total. The maximum Gasteiger partial charge on any atom is 0.244 e. The topological polar surface area (TPSA) is 87.8 Å². The highest BCUT2D eigenvalue weighted by Crippen LogP contribution is 2.20. The monoisotopic (exact) mass is 348 g/mol. The minimum Gasteiger partial charge on any atom is -0.463 e. The number of piperidine rings is 1. The van der Waals surface area contributed by atoms with Crippen LogP contribution in [0.3, 0.4) is 0 Å². The van der Waals surface area contributed by atoms with Crippen molar-refractivity contribution in [1.82, 2.24) is 9.29 Å². The second-order valence-corrected chi connectivity index (χ2v) is 7.57. The molecule has 2 aromatic rings. The Morgan fingerprint density at radius 2 is 2.04 bits per heavy atom. The largest absolute Gasteiger partial charge is 0.463 e. The number of rotatable bonds is 5. The van der Waals surface area contributed by atoms with Crippen molar-refractivity contribution in [3.63, 3.8) is 0 Å². The van der Waals surface area contributed by atoms with E-state index in [0.717, 1.165) is 19.3 Å². The summed E-state index contributed by atoms with van der Waals surface area (Å²) in [4.78, 5) is 4.35. The molecule has 0 atom stereocenters. The molecule has 0 saturated carbocycles. The third-order valence-corrected chi connectivity index (χ3v) is 5.79. The SMILES string of the molecule is C/C(=N\Nc1ccc(S(=O)(=O)N2CCCCC2)cn1)c1ccco1. The van der Waals surface area contributed by atoms with Crippen LogP contribution in [0, 0.1) is 0 Å². The van der Waals surface area contributed by atoms with Crippen LogP contribution in [-0.4, -0.2) is 36.5 Å². The molecular formula is C16H20N4O3S. The fourth-order valence-corrected chi connectivity index (χ4v) is 4.00. The maximum atomic E-state index is 12.5. The molecule has 24 heavy (non-hydrogen) atoms. The molecule has 1 aliphatic rings. The summed E-state index contributed by atoms with van der Waals surface area (Å²) in [6, 6.07) is 6.75. The molecule has 0 spiro atoms. The minimum atomic E-state index is -3.45. The zero-order valence-electron chi connectivity index (χ0n) is 13.5. The number of furan rings is 1. The van der Waals surface area contributed by atoms with Gasteiger partial charge in [0.2, 0.25) is 10.0 Å². The number of hydrogen-bond acceptors (Lipinski definition) is 6. The number of anilines is 1. The Kier molecular flexibility index (Phi) is 4.96. The van der Waals surface area contributed by atoms with Gasteiger partial charge in [-0.3, -0.25) is 5.43 Å². The fraction of sp³-hybridized carbons (Fsp3) is 0.375. The van der Waals surface area contributed by atoms with Crippen LogP contribution in [0.2, 0.25) is 0 Å². The van der Waals surface area contributed by atoms with Crippen molar-refractivity contribution in [2.24, 2.45) is 5.10 Å². The predicted molar refractivity (Wildman–Crippen MR) is 91.4 cm³/mol. The van der Waals surface area contributed by atoms with Crippen molar-refractivity contribution in [2.75, 3.05) is 18.5 Å². The lowest BCUT2D eigenvalue weighted by Gasteiger charge is -2.25. The van der Waals surface area contributed by atoms with Crippen LogP contribution in [0.1, 0.15) is 31.9 Å².